The number of hydrogen-bond donors (Lipinski definition) is 2. The van der Waals surface area contributed by atoms with Crippen molar-refractivity contribution in [1.82, 2.24) is 4.98 Å². The Balaban J connectivity index is 1.72. The van der Waals surface area contributed by atoms with Crippen LogP contribution in [-0.2, 0) is 4.79 Å². The van der Waals surface area contributed by atoms with Crippen LogP contribution in [0.3, 0.4) is 0 Å². The highest BCUT2D eigenvalue weighted by atomic mass is 35.5. The molecule has 0 atom stereocenters. The van der Waals surface area contributed by atoms with Crippen molar-refractivity contribution >= 4 is 57.0 Å². The Morgan fingerprint density at radius 1 is 1.19 bits per heavy atom. The van der Waals surface area contributed by atoms with Crippen LogP contribution in [0.1, 0.15) is 26.2 Å². The number of nitrogens with zero attached hydrogens (tertiary/aromatic N) is 1. The van der Waals surface area contributed by atoms with E-state index in [0.29, 0.717) is 16.5 Å². The van der Waals surface area contributed by atoms with Crippen LogP contribution in [0, 0.1) is 0 Å². The molecule has 1 aromatic heterocycles. The van der Waals surface area contributed by atoms with E-state index < -0.39 is 0 Å². The fourth-order valence-electron chi connectivity index (χ4n) is 2.49. The van der Waals surface area contributed by atoms with Crippen molar-refractivity contribution in [3.05, 3.63) is 57.9 Å². The van der Waals surface area contributed by atoms with E-state index in [1.165, 1.54) is 11.3 Å². The Kier molecular flexibility index (Phi) is 6.72. The number of anilines is 3. The number of rotatable bonds is 7. The van der Waals surface area contributed by atoms with Crippen molar-refractivity contribution in [3.8, 4) is 11.3 Å². The molecule has 27 heavy (non-hydrogen) atoms. The minimum absolute atomic E-state index is 0.0343. The maximum Gasteiger partial charge on any atom is 0.224 e. The smallest absolute Gasteiger partial charge is 0.224 e. The summed E-state index contributed by atoms with van der Waals surface area (Å²) in [4.78, 5) is 16.5. The van der Waals surface area contributed by atoms with Gasteiger partial charge in [-0.3, -0.25) is 4.79 Å². The van der Waals surface area contributed by atoms with Gasteiger partial charge in [-0.05, 0) is 36.8 Å². The Morgan fingerprint density at radius 3 is 2.81 bits per heavy atom. The van der Waals surface area contributed by atoms with Gasteiger partial charge in [0.2, 0.25) is 5.91 Å². The van der Waals surface area contributed by atoms with Crippen molar-refractivity contribution < 1.29 is 4.79 Å². The second-order valence-corrected chi connectivity index (χ2v) is 7.72. The molecule has 4 nitrogen and oxygen atoms in total. The number of carbonyl (C=O) groups is 1. The van der Waals surface area contributed by atoms with Crippen molar-refractivity contribution in [2.24, 2.45) is 0 Å². The Bertz CT molecular complexity index is 942. The van der Waals surface area contributed by atoms with Crippen LogP contribution in [0.4, 0.5) is 16.5 Å². The van der Waals surface area contributed by atoms with Crippen LogP contribution in [0.5, 0.6) is 0 Å². The monoisotopic (exact) mass is 419 g/mol. The van der Waals surface area contributed by atoms with Crippen LogP contribution >= 0.6 is 34.5 Å². The van der Waals surface area contributed by atoms with Crippen molar-refractivity contribution in [2.45, 2.75) is 26.2 Å². The van der Waals surface area contributed by atoms with Gasteiger partial charge in [-0.25, -0.2) is 4.98 Å². The average molecular weight is 420 g/mol. The second-order valence-electron chi connectivity index (χ2n) is 6.02. The molecule has 2 aromatic carbocycles. The third-order valence-corrected chi connectivity index (χ3v) is 5.18. The summed E-state index contributed by atoms with van der Waals surface area (Å²) in [6, 6.07) is 13.0. The summed E-state index contributed by atoms with van der Waals surface area (Å²) >= 11 is 13.6. The van der Waals surface area contributed by atoms with E-state index >= 15 is 0 Å². The van der Waals surface area contributed by atoms with E-state index in [0.717, 1.165) is 40.6 Å². The van der Waals surface area contributed by atoms with Crippen LogP contribution in [0.25, 0.3) is 11.3 Å². The molecule has 0 aliphatic carbocycles. The van der Waals surface area contributed by atoms with Crippen LogP contribution < -0.4 is 10.6 Å². The van der Waals surface area contributed by atoms with Crippen molar-refractivity contribution in [3.63, 3.8) is 0 Å². The molecular weight excluding hydrogens is 401 g/mol. The first-order valence-electron chi connectivity index (χ1n) is 8.63. The molecule has 3 aromatic rings. The average Bonchev–Trinajstić information content (AvgIpc) is 3.11. The molecule has 1 heterocycles. The lowest BCUT2D eigenvalue weighted by atomic mass is 10.1. The van der Waals surface area contributed by atoms with Gasteiger partial charge < -0.3 is 10.6 Å². The van der Waals surface area contributed by atoms with Gasteiger partial charge >= 0.3 is 0 Å². The normalized spacial score (nSPS) is 10.6. The fourth-order valence-corrected chi connectivity index (χ4v) is 3.67. The van der Waals surface area contributed by atoms with Gasteiger partial charge in [0.25, 0.3) is 0 Å². The summed E-state index contributed by atoms with van der Waals surface area (Å²) in [6.07, 6.45) is 2.42. The highest BCUT2D eigenvalue weighted by Gasteiger charge is 2.09. The van der Waals surface area contributed by atoms with Crippen LogP contribution in [-0.4, -0.2) is 10.9 Å². The maximum atomic E-state index is 11.9. The minimum atomic E-state index is 0.0343. The minimum Gasteiger partial charge on any atom is -0.330 e. The van der Waals surface area contributed by atoms with Gasteiger partial charge in [-0.2, -0.15) is 0 Å². The summed E-state index contributed by atoms with van der Waals surface area (Å²) in [5.41, 5.74) is 3.29. The Morgan fingerprint density at radius 2 is 2.04 bits per heavy atom. The number of thiazole rings is 1. The van der Waals surface area contributed by atoms with E-state index in [1.54, 1.807) is 12.1 Å². The number of benzene rings is 2. The molecule has 1 amide bonds. The Hall–Kier alpha value is -2.08. The molecule has 0 aliphatic rings. The first kappa shape index (κ1) is 19.7. The number of amides is 1. The molecule has 0 saturated carbocycles. The highest BCUT2D eigenvalue weighted by molar-refractivity contribution is 7.14. The molecule has 0 radical (unpaired) electrons. The summed E-state index contributed by atoms with van der Waals surface area (Å²) in [5.74, 6) is 0.0343. The summed E-state index contributed by atoms with van der Waals surface area (Å²) in [5, 5.41) is 9.96. The third-order valence-electron chi connectivity index (χ3n) is 3.88. The number of unbranched alkanes of at least 4 members (excludes halogenated alkanes) is 1. The summed E-state index contributed by atoms with van der Waals surface area (Å²) in [6.45, 7) is 2.07. The molecule has 0 saturated heterocycles. The summed E-state index contributed by atoms with van der Waals surface area (Å²) in [7, 11) is 0. The molecule has 0 spiro atoms. The number of hydrogen-bond acceptors (Lipinski definition) is 4. The van der Waals surface area contributed by atoms with Gasteiger partial charge in [0.15, 0.2) is 5.13 Å². The predicted octanol–water partition coefficient (Wildman–Crippen LogP) is 6.99. The first-order valence-corrected chi connectivity index (χ1v) is 10.3. The molecule has 3 rings (SSSR count). The van der Waals surface area contributed by atoms with E-state index in [9.17, 15) is 4.79 Å². The lowest BCUT2D eigenvalue weighted by Crippen LogP contribution is -2.10. The standard InChI is InChI=1S/C20H19Cl2N3OS/c1-2-3-7-19(26)23-15-6-4-5-13(10-15)18-12-27-20(25-18)24-17-9-8-14(21)11-16(17)22/h4-6,8-12H,2-3,7H2,1H3,(H,23,26)(H,24,25). The van der Waals surface area contributed by atoms with E-state index in [-0.39, 0.29) is 5.91 Å². The first-order chi connectivity index (χ1) is 13.0. The Labute approximate surface area is 172 Å². The second kappa shape index (κ2) is 9.22. The zero-order valence-corrected chi connectivity index (χ0v) is 17.1. The fraction of sp³-hybridized carbons (Fsp3) is 0.200. The molecule has 0 unspecified atom stereocenters. The van der Waals surface area contributed by atoms with Gasteiger partial charge in [0, 0.05) is 28.1 Å². The lowest BCUT2D eigenvalue weighted by molar-refractivity contribution is -0.116. The topological polar surface area (TPSA) is 54.0 Å². The summed E-state index contributed by atoms with van der Waals surface area (Å²) < 4.78 is 0. The largest absolute Gasteiger partial charge is 0.330 e. The predicted molar refractivity (Wildman–Crippen MR) is 115 cm³/mol. The molecule has 2 N–H and O–H groups in total. The van der Waals surface area contributed by atoms with Crippen LogP contribution in [0.2, 0.25) is 10.0 Å². The number of aromatic nitrogens is 1. The third kappa shape index (κ3) is 5.45. The molecule has 140 valence electrons. The van der Waals surface area contributed by atoms with Gasteiger partial charge in [-0.1, -0.05) is 48.7 Å². The van der Waals surface area contributed by atoms with E-state index in [4.69, 9.17) is 23.2 Å². The molecule has 0 aliphatic heterocycles. The van der Waals surface area contributed by atoms with Gasteiger partial charge in [-0.15, -0.1) is 11.3 Å². The van der Waals surface area contributed by atoms with E-state index in [2.05, 4.69) is 22.5 Å². The van der Waals surface area contributed by atoms with E-state index in [1.807, 2.05) is 35.7 Å². The van der Waals surface area contributed by atoms with Crippen LogP contribution in [0.15, 0.2) is 47.8 Å². The van der Waals surface area contributed by atoms with Crippen molar-refractivity contribution in [1.29, 1.82) is 0 Å². The number of nitrogens with one attached hydrogen (secondary N) is 2. The zero-order chi connectivity index (χ0) is 19.2. The van der Waals surface area contributed by atoms with Gasteiger partial charge in [0.05, 0.1) is 16.4 Å². The van der Waals surface area contributed by atoms with Crippen molar-refractivity contribution in [2.75, 3.05) is 10.6 Å². The lowest BCUT2D eigenvalue weighted by Gasteiger charge is -2.07. The zero-order valence-electron chi connectivity index (χ0n) is 14.8. The molecule has 0 bridgehead atoms. The number of halogens is 2. The highest BCUT2D eigenvalue weighted by Crippen LogP contribution is 2.32. The molecule has 7 heteroatoms. The maximum absolute atomic E-state index is 11.9. The SMILES string of the molecule is CCCCC(=O)Nc1cccc(-c2csc(Nc3ccc(Cl)cc3Cl)n2)c1. The quantitative estimate of drug-likeness (QED) is 0.433. The number of carbonyl (C=O) groups excluding carboxylic acids is 1. The molecular formula is C20H19Cl2N3OS. The van der Waals surface area contributed by atoms with Gasteiger partial charge in [0.1, 0.15) is 0 Å². The molecule has 0 fully saturated rings.